The number of Topliss-reactive ketones (excluding diaryl/α,β-unsaturated/α-hetero) is 1. The van der Waals surface area contributed by atoms with Gasteiger partial charge in [-0.25, -0.2) is 4.79 Å². The molecule has 7 atom stereocenters. The number of nitrogens with one attached hydrogen (secondary N) is 1. The van der Waals surface area contributed by atoms with Crippen LogP contribution in [0.4, 0.5) is 0 Å². The summed E-state index contributed by atoms with van der Waals surface area (Å²) < 4.78 is 11.2. The average molecular weight is 602 g/mol. The van der Waals surface area contributed by atoms with Crippen molar-refractivity contribution >= 4 is 35.4 Å². The molecule has 43 heavy (non-hydrogen) atoms. The Morgan fingerprint density at radius 2 is 1.70 bits per heavy atom. The standard InChI is InChI=1S/C33H47NO9/c1-19(2)16-26(30(40)41)34-28(38)8-9-29(39)42-18-27(37)33(43-20(3)35)15-12-25-23-7-6-21-17-22(36)10-13-31(21,4)24(23)11-14-32(25,33)5/h17,19,23-26H,6-16,18H2,1-5H3,(H,34,38)(H,40,41)/t23?,24?,25?,26?,31-,32-,33-/m0/s1. The summed E-state index contributed by atoms with van der Waals surface area (Å²) in [5.74, 6) is -2.34. The molecule has 0 aromatic rings. The zero-order valence-electron chi connectivity index (χ0n) is 26.2. The fourth-order valence-electron chi connectivity index (χ4n) is 9.00. The van der Waals surface area contributed by atoms with E-state index in [0.717, 1.165) is 32.1 Å². The van der Waals surface area contributed by atoms with Gasteiger partial charge < -0.3 is 19.9 Å². The summed E-state index contributed by atoms with van der Waals surface area (Å²) in [5.41, 5.74) is -0.798. The van der Waals surface area contributed by atoms with Gasteiger partial charge in [0, 0.05) is 25.2 Å². The molecule has 4 rings (SSSR count). The quantitative estimate of drug-likeness (QED) is 0.330. The van der Waals surface area contributed by atoms with Gasteiger partial charge in [0.05, 0.1) is 6.42 Å². The second-order valence-electron chi connectivity index (χ2n) is 14.1. The number of hydrogen-bond acceptors (Lipinski definition) is 8. The summed E-state index contributed by atoms with van der Waals surface area (Å²) in [4.78, 5) is 74.6. The van der Waals surface area contributed by atoms with Crippen LogP contribution in [-0.4, -0.2) is 58.7 Å². The van der Waals surface area contributed by atoms with Crippen molar-refractivity contribution in [1.29, 1.82) is 0 Å². The molecule has 10 heteroatoms. The lowest BCUT2D eigenvalue weighted by Crippen LogP contribution is -2.59. The van der Waals surface area contributed by atoms with E-state index in [-0.39, 0.29) is 42.3 Å². The van der Waals surface area contributed by atoms with Crippen molar-refractivity contribution in [3.63, 3.8) is 0 Å². The number of ketones is 2. The van der Waals surface area contributed by atoms with Gasteiger partial charge in [-0.15, -0.1) is 0 Å². The van der Waals surface area contributed by atoms with E-state index in [1.165, 1.54) is 12.5 Å². The highest BCUT2D eigenvalue weighted by atomic mass is 16.6. The number of ether oxygens (including phenoxy) is 2. The van der Waals surface area contributed by atoms with E-state index in [2.05, 4.69) is 12.2 Å². The van der Waals surface area contributed by atoms with Gasteiger partial charge in [-0.05, 0) is 86.5 Å². The summed E-state index contributed by atoms with van der Waals surface area (Å²) in [6.07, 6.45) is 7.37. The van der Waals surface area contributed by atoms with Gasteiger partial charge in [0.25, 0.3) is 0 Å². The summed E-state index contributed by atoms with van der Waals surface area (Å²) >= 11 is 0. The van der Waals surface area contributed by atoms with E-state index in [4.69, 9.17) is 9.47 Å². The molecule has 3 saturated carbocycles. The maximum atomic E-state index is 13.9. The van der Waals surface area contributed by atoms with Crippen LogP contribution in [0.25, 0.3) is 0 Å². The molecule has 238 valence electrons. The van der Waals surface area contributed by atoms with E-state index >= 15 is 0 Å². The summed E-state index contributed by atoms with van der Waals surface area (Å²) in [6.45, 7) is 8.75. The molecule has 0 heterocycles. The number of fused-ring (bicyclic) bond motifs is 5. The summed E-state index contributed by atoms with van der Waals surface area (Å²) in [5, 5.41) is 11.8. The lowest BCUT2D eigenvalue weighted by molar-refractivity contribution is -0.191. The molecular weight excluding hydrogens is 554 g/mol. The van der Waals surface area contributed by atoms with E-state index in [0.29, 0.717) is 31.1 Å². The van der Waals surface area contributed by atoms with Crippen LogP contribution in [0.1, 0.15) is 105 Å². The Morgan fingerprint density at radius 1 is 1.00 bits per heavy atom. The average Bonchev–Trinajstić information content (AvgIpc) is 3.22. The normalized spacial score (nSPS) is 33.8. The largest absolute Gasteiger partial charge is 0.480 e. The Labute approximate surface area is 253 Å². The number of carboxylic acids is 1. The fourth-order valence-corrected chi connectivity index (χ4v) is 9.00. The molecule has 4 aliphatic rings. The summed E-state index contributed by atoms with van der Waals surface area (Å²) in [7, 11) is 0. The molecule has 0 aliphatic heterocycles. The number of carbonyl (C=O) groups is 6. The zero-order valence-corrected chi connectivity index (χ0v) is 26.2. The molecule has 2 N–H and O–H groups in total. The second kappa shape index (κ2) is 12.5. The van der Waals surface area contributed by atoms with Gasteiger partial charge in [-0.1, -0.05) is 33.3 Å². The monoisotopic (exact) mass is 601 g/mol. The van der Waals surface area contributed by atoms with Crippen molar-refractivity contribution in [2.75, 3.05) is 6.61 Å². The van der Waals surface area contributed by atoms with Crippen molar-refractivity contribution in [2.45, 2.75) is 117 Å². The first-order valence-electron chi connectivity index (χ1n) is 15.8. The number of amides is 1. The third-order valence-corrected chi connectivity index (χ3v) is 11.1. The molecule has 4 unspecified atom stereocenters. The highest BCUT2D eigenvalue weighted by Crippen LogP contribution is 2.68. The van der Waals surface area contributed by atoms with Gasteiger partial charge in [0.2, 0.25) is 11.7 Å². The van der Waals surface area contributed by atoms with Crippen LogP contribution in [0.2, 0.25) is 0 Å². The van der Waals surface area contributed by atoms with Crippen LogP contribution in [0, 0.1) is 34.5 Å². The first-order valence-corrected chi connectivity index (χ1v) is 15.8. The van der Waals surface area contributed by atoms with E-state index in [1.807, 2.05) is 26.8 Å². The van der Waals surface area contributed by atoms with Crippen LogP contribution in [0.5, 0.6) is 0 Å². The Morgan fingerprint density at radius 3 is 2.35 bits per heavy atom. The van der Waals surface area contributed by atoms with Gasteiger partial charge in [0.1, 0.15) is 6.04 Å². The van der Waals surface area contributed by atoms with Crippen LogP contribution in [0.15, 0.2) is 11.6 Å². The minimum atomic E-state index is -1.41. The Kier molecular flexibility index (Phi) is 9.57. The Balaban J connectivity index is 1.42. The third kappa shape index (κ3) is 6.29. The molecule has 0 radical (unpaired) electrons. The highest BCUT2D eigenvalue weighted by Gasteiger charge is 2.68. The Hall–Kier alpha value is -3.04. The molecule has 0 bridgehead atoms. The van der Waals surface area contributed by atoms with Crippen molar-refractivity contribution in [3.05, 3.63) is 11.6 Å². The summed E-state index contributed by atoms with van der Waals surface area (Å²) in [6, 6.07) is -1.05. The number of carbonyl (C=O) groups excluding carboxylic acids is 5. The number of aliphatic carboxylic acids is 1. The number of carboxylic acid groups (broad SMARTS) is 1. The van der Waals surface area contributed by atoms with Crippen molar-refractivity contribution in [1.82, 2.24) is 5.32 Å². The minimum Gasteiger partial charge on any atom is -0.480 e. The predicted molar refractivity (Wildman–Crippen MR) is 155 cm³/mol. The SMILES string of the molecule is CC(=O)O[C@]1(C(=O)COC(=O)CCC(=O)NC(CC(C)C)C(=O)O)CCC2C3CCC4=CC(=O)CC[C@]4(C)C3CC[C@@]21C. The molecule has 4 aliphatic carbocycles. The van der Waals surface area contributed by atoms with Gasteiger partial charge in [-0.3, -0.25) is 24.0 Å². The molecule has 0 spiro atoms. The van der Waals surface area contributed by atoms with Crippen molar-refractivity contribution < 1.29 is 43.3 Å². The maximum absolute atomic E-state index is 13.9. The maximum Gasteiger partial charge on any atom is 0.326 e. The minimum absolute atomic E-state index is 0.0318. The smallest absolute Gasteiger partial charge is 0.326 e. The lowest BCUT2D eigenvalue weighted by Gasteiger charge is -2.59. The molecule has 0 aromatic heterocycles. The molecule has 10 nitrogen and oxygen atoms in total. The van der Waals surface area contributed by atoms with Crippen molar-refractivity contribution in [2.24, 2.45) is 34.5 Å². The predicted octanol–water partition coefficient (Wildman–Crippen LogP) is 4.33. The second-order valence-corrected chi connectivity index (χ2v) is 14.1. The first kappa shape index (κ1) is 32.9. The number of allylic oxidation sites excluding steroid dienone is 1. The van der Waals surface area contributed by atoms with E-state index in [1.54, 1.807) is 0 Å². The van der Waals surface area contributed by atoms with Crippen LogP contribution in [-0.2, 0) is 38.2 Å². The van der Waals surface area contributed by atoms with Crippen LogP contribution >= 0.6 is 0 Å². The highest BCUT2D eigenvalue weighted by molar-refractivity contribution is 5.94. The molecule has 0 aromatic carbocycles. The molecule has 0 saturated heterocycles. The van der Waals surface area contributed by atoms with Crippen LogP contribution in [0.3, 0.4) is 0 Å². The topological polar surface area (TPSA) is 153 Å². The Bertz CT molecular complexity index is 1210. The van der Waals surface area contributed by atoms with Gasteiger partial charge >= 0.3 is 17.9 Å². The van der Waals surface area contributed by atoms with Crippen molar-refractivity contribution in [3.8, 4) is 0 Å². The number of esters is 2. The van der Waals surface area contributed by atoms with Gasteiger partial charge in [-0.2, -0.15) is 0 Å². The molecule has 3 fully saturated rings. The number of rotatable bonds is 11. The number of hydrogen-bond donors (Lipinski definition) is 2. The molecular formula is C33H47NO9. The fraction of sp³-hybridized carbons (Fsp3) is 0.758. The molecule has 1 amide bonds. The zero-order chi connectivity index (χ0) is 31.7. The van der Waals surface area contributed by atoms with E-state index < -0.39 is 53.3 Å². The lowest BCUT2D eigenvalue weighted by atomic mass is 9.46. The van der Waals surface area contributed by atoms with Crippen LogP contribution < -0.4 is 5.32 Å². The van der Waals surface area contributed by atoms with E-state index in [9.17, 15) is 33.9 Å². The third-order valence-electron chi connectivity index (χ3n) is 11.1. The van der Waals surface area contributed by atoms with Gasteiger partial charge in [0.15, 0.2) is 18.0 Å². The first-order chi connectivity index (χ1) is 20.1.